The van der Waals surface area contributed by atoms with Gasteiger partial charge in [-0.3, -0.25) is 9.59 Å². The van der Waals surface area contributed by atoms with Crippen molar-refractivity contribution in [3.05, 3.63) is 28.8 Å². The molecule has 0 bridgehead atoms. The maximum Gasteiger partial charge on any atom is 0.248 e. The molecule has 0 saturated carbocycles. The molecular weight excluding hydrogens is 230 g/mol. The quantitative estimate of drug-likeness (QED) is 0.727. The maximum absolute atomic E-state index is 11.3. The summed E-state index contributed by atoms with van der Waals surface area (Å²) >= 11 is 5.84. The van der Waals surface area contributed by atoms with Gasteiger partial charge in [-0.1, -0.05) is 11.6 Å². The molecule has 6 heteroatoms. The van der Waals surface area contributed by atoms with Gasteiger partial charge in [-0.05, 0) is 25.1 Å². The second kappa shape index (κ2) is 4.96. The van der Waals surface area contributed by atoms with Gasteiger partial charge in [0.15, 0.2) is 0 Å². The Morgan fingerprint density at radius 1 is 1.44 bits per heavy atom. The third kappa shape index (κ3) is 2.95. The molecule has 1 rings (SSSR count). The molecule has 0 radical (unpaired) electrons. The van der Waals surface area contributed by atoms with E-state index in [0.717, 1.165) is 0 Å². The predicted octanol–water partition coefficient (Wildman–Crippen LogP) is 0.725. The molecule has 0 unspecified atom stereocenters. The van der Waals surface area contributed by atoms with Gasteiger partial charge in [0.05, 0.1) is 16.8 Å². The van der Waals surface area contributed by atoms with E-state index in [9.17, 15) is 9.59 Å². The van der Waals surface area contributed by atoms with Crippen LogP contribution in [0.4, 0.5) is 5.69 Å². The van der Waals surface area contributed by atoms with Crippen LogP contribution in [0.2, 0.25) is 5.02 Å². The second-order valence-corrected chi connectivity index (χ2v) is 3.74. The number of nitrogens with two attached hydrogens (primary N) is 2. The fraction of sp³-hybridized carbons (Fsp3) is 0.200. The van der Waals surface area contributed by atoms with Crippen molar-refractivity contribution in [1.82, 2.24) is 0 Å². The van der Waals surface area contributed by atoms with E-state index in [1.165, 1.54) is 18.2 Å². The minimum Gasteiger partial charge on any atom is -0.366 e. The van der Waals surface area contributed by atoms with Crippen LogP contribution in [-0.4, -0.2) is 17.9 Å². The van der Waals surface area contributed by atoms with Crippen molar-refractivity contribution in [3.8, 4) is 0 Å². The van der Waals surface area contributed by atoms with Crippen LogP contribution >= 0.6 is 11.6 Å². The van der Waals surface area contributed by atoms with Gasteiger partial charge in [0, 0.05) is 5.56 Å². The van der Waals surface area contributed by atoms with E-state index in [1.54, 1.807) is 6.92 Å². The van der Waals surface area contributed by atoms with E-state index in [4.69, 9.17) is 23.1 Å². The first-order valence-corrected chi connectivity index (χ1v) is 4.95. The normalized spacial score (nSPS) is 11.9. The molecular formula is C10H12ClN3O2. The maximum atomic E-state index is 11.3. The third-order valence-electron chi connectivity index (χ3n) is 1.92. The van der Waals surface area contributed by atoms with E-state index >= 15 is 0 Å². The van der Waals surface area contributed by atoms with Crippen molar-refractivity contribution < 1.29 is 9.59 Å². The van der Waals surface area contributed by atoms with Crippen molar-refractivity contribution in [1.29, 1.82) is 0 Å². The van der Waals surface area contributed by atoms with Crippen molar-refractivity contribution >= 4 is 29.1 Å². The van der Waals surface area contributed by atoms with Crippen LogP contribution in [0.15, 0.2) is 18.2 Å². The predicted molar refractivity (Wildman–Crippen MR) is 62.2 cm³/mol. The summed E-state index contributed by atoms with van der Waals surface area (Å²) in [4.78, 5) is 22.3. The molecule has 1 atom stereocenters. The molecule has 0 aromatic heterocycles. The van der Waals surface area contributed by atoms with Crippen LogP contribution in [0, 0.1) is 0 Å². The number of anilines is 1. The molecule has 0 spiro atoms. The lowest BCUT2D eigenvalue weighted by Gasteiger charge is -2.10. The smallest absolute Gasteiger partial charge is 0.248 e. The highest BCUT2D eigenvalue weighted by molar-refractivity contribution is 6.34. The molecule has 0 aliphatic rings. The number of hydrogen-bond donors (Lipinski definition) is 3. The van der Waals surface area contributed by atoms with Crippen molar-refractivity contribution in [2.75, 3.05) is 5.32 Å². The Morgan fingerprint density at radius 2 is 2.06 bits per heavy atom. The van der Waals surface area contributed by atoms with Gasteiger partial charge in [-0.15, -0.1) is 0 Å². The number of hydrogen-bond acceptors (Lipinski definition) is 3. The lowest BCUT2D eigenvalue weighted by Crippen LogP contribution is -2.32. The number of carbonyl (C=O) groups excluding carboxylic acids is 2. The summed E-state index contributed by atoms with van der Waals surface area (Å²) in [5, 5.41) is 2.82. The molecule has 2 amide bonds. The molecule has 0 aliphatic heterocycles. The molecule has 16 heavy (non-hydrogen) atoms. The Balaban J connectivity index is 2.99. The Hall–Kier alpha value is -1.59. The summed E-state index contributed by atoms with van der Waals surface area (Å²) in [6, 6.07) is 3.71. The van der Waals surface area contributed by atoms with Crippen molar-refractivity contribution in [2.45, 2.75) is 13.0 Å². The van der Waals surface area contributed by atoms with Crippen LogP contribution in [0.5, 0.6) is 0 Å². The van der Waals surface area contributed by atoms with Crippen molar-refractivity contribution in [2.24, 2.45) is 11.5 Å². The molecule has 86 valence electrons. The number of rotatable bonds is 3. The van der Waals surface area contributed by atoms with Crippen molar-refractivity contribution in [3.63, 3.8) is 0 Å². The Kier molecular flexibility index (Phi) is 3.87. The second-order valence-electron chi connectivity index (χ2n) is 3.34. The summed E-state index contributed by atoms with van der Waals surface area (Å²) in [7, 11) is 0. The average Bonchev–Trinajstić information content (AvgIpc) is 2.20. The summed E-state index contributed by atoms with van der Waals surface area (Å²) in [5.41, 5.74) is 11.1. The summed E-state index contributed by atoms with van der Waals surface area (Å²) in [6.07, 6.45) is 0. The lowest BCUT2D eigenvalue weighted by molar-refractivity contribution is -0.117. The molecule has 0 fully saturated rings. The number of nitrogens with one attached hydrogen (secondary N) is 1. The van der Waals surface area contributed by atoms with Gasteiger partial charge in [-0.2, -0.15) is 0 Å². The monoisotopic (exact) mass is 241 g/mol. The SMILES string of the molecule is C[C@H](N)C(=O)Nc1cc(C(N)=O)ccc1Cl. The fourth-order valence-corrected chi connectivity index (χ4v) is 1.19. The molecule has 0 aliphatic carbocycles. The van der Waals surface area contributed by atoms with Gasteiger partial charge >= 0.3 is 0 Å². The number of benzene rings is 1. The highest BCUT2D eigenvalue weighted by Crippen LogP contribution is 2.22. The van der Waals surface area contributed by atoms with Gasteiger partial charge in [0.1, 0.15) is 0 Å². The van der Waals surface area contributed by atoms with Gasteiger partial charge in [-0.25, -0.2) is 0 Å². The summed E-state index contributed by atoms with van der Waals surface area (Å²) in [6.45, 7) is 1.54. The van der Waals surface area contributed by atoms with Crippen LogP contribution in [0.1, 0.15) is 17.3 Å². The van der Waals surface area contributed by atoms with E-state index in [-0.39, 0.29) is 11.5 Å². The lowest BCUT2D eigenvalue weighted by atomic mass is 10.2. The van der Waals surface area contributed by atoms with E-state index in [1.807, 2.05) is 0 Å². The Morgan fingerprint density at radius 3 is 2.56 bits per heavy atom. The van der Waals surface area contributed by atoms with Crippen LogP contribution in [-0.2, 0) is 4.79 Å². The first-order chi connectivity index (χ1) is 7.41. The summed E-state index contributed by atoms with van der Waals surface area (Å²) in [5.74, 6) is -0.975. The van der Waals surface area contributed by atoms with Crippen LogP contribution in [0.3, 0.4) is 0 Å². The van der Waals surface area contributed by atoms with Gasteiger partial charge < -0.3 is 16.8 Å². The zero-order valence-corrected chi connectivity index (χ0v) is 9.41. The topological polar surface area (TPSA) is 98.2 Å². The number of primary amides is 1. The number of amides is 2. The third-order valence-corrected chi connectivity index (χ3v) is 2.25. The molecule has 5 N–H and O–H groups in total. The zero-order valence-electron chi connectivity index (χ0n) is 8.66. The molecule has 0 saturated heterocycles. The number of carbonyl (C=O) groups is 2. The number of halogens is 1. The van der Waals surface area contributed by atoms with Crippen LogP contribution < -0.4 is 16.8 Å². The highest BCUT2D eigenvalue weighted by Gasteiger charge is 2.11. The van der Waals surface area contributed by atoms with E-state index < -0.39 is 11.9 Å². The summed E-state index contributed by atoms with van der Waals surface area (Å²) < 4.78 is 0. The molecule has 1 aromatic carbocycles. The van der Waals surface area contributed by atoms with Crippen LogP contribution in [0.25, 0.3) is 0 Å². The first kappa shape index (κ1) is 12.5. The molecule has 1 aromatic rings. The Labute approximate surface area is 97.7 Å². The first-order valence-electron chi connectivity index (χ1n) is 4.57. The minimum atomic E-state index is -0.659. The Bertz CT molecular complexity index is 432. The molecule has 0 heterocycles. The van der Waals surface area contributed by atoms with E-state index in [2.05, 4.69) is 5.32 Å². The highest BCUT2D eigenvalue weighted by atomic mass is 35.5. The fourth-order valence-electron chi connectivity index (χ4n) is 1.02. The molecule has 5 nitrogen and oxygen atoms in total. The standard InChI is InChI=1S/C10H12ClN3O2/c1-5(12)10(16)14-8-4-6(9(13)15)2-3-7(8)11/h2-5H,12H2,1H3,(H2,13,15)(H,14,16)/t5-/m0/s1. The average molecular weight is 242 g/mol. The largest absolute Gasteiger partial charge is 0.366 e. The van der Waals surface area contributed by atoms with Gasteiger partial charge in [0.2, 0.25) is 11.8 Å². The zero-order chi connectivity index (χ0) is 12.3. The minimum absolute atomic E-state index is 0.268. The van der Waals surface area contributed by atoms with E-state index in [0.29, 0.717) is 10.7 Å². The van der Waals surface area contributed by atoms with Gasteiger partial charge in [0.25, 0.3) is 0 Å².